The number of hydrogen-bond acceptors (Lipinski definition) is 9. The van der Waals surface area contributed by atoms with Gasteiger partial charge in [-0.25, -0.2) is 20.1 Å². The van der Waals surface area contributed by atoms with E-state index in [9.17, 15) is 5.26 Å². The van der Waals surface area contributed by atoms with Gasteiger partial charge in [-0.3, -0.25) is 0 Å². The van der Waals surface area contributed by atoms with Gasteiger partial charge in [0.25, 0.3) is 0 Å². The molecule has 3 N–H and O–H groups in total. The molecule has 1 aromatic carbocycles. The number of nitrogens with one attached hydrogen (secondary N) is 1. The molecule has 0 amide bonds. The number of nitriles is 1. The van der Waals surface area contributed by atoms with E-state index in [1.165, 1.54) is 0 Å². The molecule has 0 saturated carbocycles. The van der Waals surface area contributed by atoms with Gasteiger partial charge < -0.3 is 15.4 Å². The quantitative estimate of drug-likeness (QED) is 0.525. The Morgan fingerprint density at radius 3 is 2.69 bits per heavy atom. The average molecular weight is 387 g/mol. The highest BCUT2D eigenvalue weighted by molar-refractivity contribution is 5.78. The van der Waals surface area contributed by atoms with Crippen LogP contribution in [-0.4, -0.2) is 44.5 Å². The molecule has 3 aromatic heterocycles. The van der Waals surface area contributed by atoms with E-state index in [-0.39, 0.29) is 12.4 Å². The van der Waals surface area contributed by atoms with Crippen molar-refractivity contribution in [2.45, 2.75) is 6.61 Å². The molecule has 0 atom stereocenters. The van der Waals surface area contributed by atoms with E-state index in [0.29, 0.717) is 28.4 Å². The van der Waals surface area contributed by atoms with Crippen molar-refractivity contribution in [3.8, 4) is 22.9 Å². The molecular formula is C19H17N9O. The number of fused-ring (bicyclic) bond motifs is 1. The predicted molar refractivity (Wildman–Crippen MR) is 107 cm³/mol. The average Bonchev–Trinajstić information content (AvgIpc) is 3.20. The zero-order chi connectivity index (χ0) is 20.4. The summed E-state index contributed by atoms with van der Waals surface area (Å²) in [6.45, 7) is 0.171. The highest BCUT2D eigenvalue weighted by atomic mass is 16.5. The number of aromatic nitrogens is 6. The Bertz CT molecular complexity index is 1210. The number of H-pyrrole nitrogens is 1. The van der Waals surface area contributed by atoms with Crippen molar-refractivity contribution in [2.75, 3.05) is 24.7 Å². The maximum atomic E-state index is 9.59. The van der Waals surface area contributed by atoms with Crippen LogP contribution in [0.25, 0.3) is 22.3 Å². The van der Waals surface area contributed by atoms with Crippen LogP contribution in [0.5, 0.6) is 5.75 Å². The lowest BCUT2D eigenvalue weighted by Crippen LogP contribution is -2.12. The molecule has 4 aromatic rings. The van der Waals surface area contributed by atoms with Crippen molar-refractivity contribution in [1.29, 1.82) is 5.26 Å². The van der Waals surface area contributed by atoms with Crippen LogP contribution in [0.1, 0.15) is 11.1 Å². The molecule has 0 unspecified atom stereocenters. The zero-order valence-corrected chi connectivity index (χ0v) is 15.8. The van der Waals surface area contributed by atoms with Crippen molar-refractivity contribution >= 4 is 22.9 Å². The number of anilines is 2. The number of nitrogens with zero attached hydrogens (tertiary/aromatic N) is 7. The molecule has 3 heterocycles. The van der Waals surface area contributed by atoms with Crippen LogP contribution in [0, 0.1) is 11.3 Å². The fourth-order valence-corrected chi connectivity index (χ4v) is 2.78. The number of pyridine rings is 1. The largest absolute Gasteiger partial charge is 0.486 e. The van der Waals surface area contributed by atoms with Crippen molar-refractivity contribution in [3.63, 3.8) is 0 Å². The summed E-state index contributed by atoms with van der Waals surface area (Å²) in [6, 6.07) is 9.33. The molecule has 0 saturated heterocycles. The van der Waals surface area contributed by atoms with Crippen LogP contribution >= 0.6 is 0 Å². The van der Waals surface area contributed by atoms with Crippen LogP contribution in [0.15, 0.2) is 36.7 Å². The molecule has 0 radical (unpaired) electrons. The van der Waals surface area contributed by atoms with Gasteiger partial charge in [0.15, 0.2) is 16.9 Å². The molecular weight excluding hydrogens is 370 g/mol. The standard InChI is InChI=1S/C19H17N9O/c1-28(2)19-22-8-14(9-23-19)11-3-4-12(13(5-11)7-20)10-29-15-6-16(21)24-18-17(15)25-27-26-18/h3-6,8-9H,10H2,1-2H3,(H3,21,24,25,26,27). The summed E-state index contributed by atoms with van der Waals surface area (Å²) < 4.78 is 5.85. The molecule has 0 spiro atoms. The third-order valence-corrected chi connectivity index (χ3v) is 4.27. The second kappa shape index (κ2) is 7.40. The van der Waals surface area contributed by atoms with Gasteiger partial charge in [0.05, 0.1) is 11.6 Å². The van der Waals surface area contributed by atoms with Crippen molar-refractivity contribution in [2.24, 2.45) is 0 Å². The summed E-state index contributed by atoms with van der Waals surface area (Å²) in [5, 5.41) is 19.9. The minimum atomic E-state index is 0.171. The number of benzene rings is 1. The van der Waals surface area contributed by atoms with Crippen molar-refractivity contribution in [3.05, 3.63) is 47.8 Å². The van der Waals surface area contributed by atoms with E-state index in [0.717, 1.165) is 16.7 Å². The van der Waals surface area contributed by atoms with Crippen LogP contribution < -0.4 is 15.4 Å². The van der Waals surface area contributed by atoms with Gasteiger partial charge in [-0.1, -0.05) is 17.3 Å². The number of nitrogens with two attached hydrogens (primary N) is 1. The lowest BCUT2D eigenvalue weighted by molar-refractivity contribution is 0.309. The van der Waals surface area contributed by atoms with Gasteiger partial charge in [0.1, 0.15) is 12.4 Å². The second-order valence-corrected chi connectivity index (χ2v) is 6.49. The first kappa shape index (κ1) is 18.1. The Labute approximate surface area is 166 Å². The number of ether oxygens (including phenoxy) is 1. The molecule has 0 fully saturated rings. The molecule has 10 nitrogen and oxygen atoms in total. The monoisotopic (exact) mass is 387 g/mol. The minimum absolute atomic E-state index is 0.171. The Hall–Kier alpha value is -4.26. The lowest BCUT2D eigenvalue weighted by atomic mass is 10.0. The van der Waals surface area contributed by atoms with E-state index >= 15 is 0 Å². The van der Waals surface area contributed by atoms with Crippen molar-refractivity contribution in [1.82, 2.24) is 30.4 Å². The fraction of sp³-hybridized carbons (Fsp3) is 0.158. The summed E-state index contributed by atoms with van der Waals surface area (Å²) in [6.07, 6.45) is 3.46. The Morgan fingerprint density at radius 1 is 1.17 bits per heavy atom. The molecule has 144 valence electrons. The SMILES string of the molecule is CN(C)c1ncc(-c2ccc(COc3cc(N)nc4[nH]nnc34)c(C#N)c2)cn1. The summed E-state index contributed by atoms with van der Waals surface area (Å²) in [5.74, 6) is 1.35. The molecule has 10 heteroatoms. The Morgan fingerprint density at radius 2 is 1.97 bits per heavy atom. The van der Waals surface area contributed by atoms with Gasteiger partial charge in [-0.15, -0.1) is 5.10 Å². The first-order valence-electron chi connectivity index (χ1n) is 8.68. The zero-order valence-electron chi connectivity index (χ0n) is 15.8. The van der Waals surface area contributed by atoms with Gasteiger partial charge >= 0.3 is 0 Å². The van der Waals surface area contributed by atoms with Crippen LogP contribution in [0.4, 0.5) is 11.8 Å². The number of nitrogen functional groups attached to an aromatic ring is 1. The maximum Gasteiger partial charge on any atom is 0.224 e. The summed E-state index contributed by atoms with van der Waals surface area (Å²) in [4.78, 5) is 14.5. The highest BCUT2D eigenvalue weighted by Gasteiger charge is 2.12. The molecule has 4 rings (SSSR count). The lowest BCUT2D eigenvalue weighted by Gasteiger charge is -2.11. The normalized spacial score (nSPS) is 10.7. The van der Waals surface area contributed by atoms with Gasteiger partial charge in [0, 0.05) is 43.7 Å². The third kappa shape index (κ3) is 3.61. The van der Waals surface area contributed by atoms with Gasteiger partial charge in [-0.05, 0) is 11.6 Å². The van der Waals surface area contributed by atoms with E-state index in [2.05, 4.69) is 36.4 Å². The van der Waals surface area contributed by atoms with Crippen molar-refractivity contribution < 1.29 is 4.74 Å². The predicted octanol–water partition coefficient (Wildman–Crippen LogP) is 1.91. The number of aromatic amines is 1. The van der Waals surface area contributed by atoms with Crippen LogP contribution in [0.2, 0.25) is 0 Å². The molecule has 29 heavy (non-hydrogen) atoms. The van der Waals surface area contributed by atoms with E-state index in [4.69, 9.17) is 10.5 Å². The van der Waals surface area contributed by atoms with E-state index < -0.39 is 0 Å². The molecule has 0 bridgehead atoms. The van der Waals surface area contributed by atoms with Crippen LogP contribution in [0.3, 0.4) is 0 Å². The second-order valence-electron chi connectivity index (χ2n) is 6.49. The third-order valence-electron chi connectivity index (χ3n) is 4.27. The summed E-state index contributed by atoms with van der Waals surface area (Å²) in [7, 11) is 3.75. The Balaban J connectivity index is 1.58. The van der Waals surface area contributed by atoms with Gasteiger partial charge in [0.2, 0.25) is 5.95 Å². The maximum absolute atomic E-state index is 9.59. The highest BCUT2D eigenvalue weighted by Crippen LogP contribution is 2.26. The fourth-order valence-electron chi connectivity index (χ4n) is 2.78. The summed E-state index contributed by atoms with van der Waals surface area (Å²) >= 11 is 0. The van der Waals surface area contributed by atoms with Crippen LogP contribution in [-0.2, 0) is 6.61 Å². The minimum Gasteiger partial charge on any atom is -0.486 e. The van der Waals surface area contributed by atoms with E-state index in [1.807, 2.05) is 31.1 Å². The number of rotatable bonds is 5. The van der Waals surface area contributed by atoms with Gasteiger partial charge in [-0.2, -0.15) is 5.26 Å². The molecule has 0 aliphatic carbocycles. The summed E-state index contributed by atoms with van der Waals surface area (Å²) in [5.41, 5.74) is 9.61. The molecule has 0 aliphatic rings. The number of hydrogen-bond donors (Lipinski definition) is 2. The smallest absolute Gasteiger partial charge is 0.224 e. The van der Waals surface area contributed by atoms with E-state index in [1.54, 1.807) is 24.5 Å². The first-order chi connectivity index (χ1) is 14.0. The molecule has 0 aliphatic heterocycles. The Kier molecular flexibility index (Phi) is 4.62. The first-order valence-corrected chi connectivity index (χ1v) is 8.68. The topological polar surface area (TPSA) is 143 Å².